The smallest absolute Gasteiger partial charge is 0.310 e. The Bertz CT molecular complexity index is 551. The van der Waals surface area contributed by atoms with E-state index in [4.69, 9.17) is 4.74 Å². The molecule has 3 rings (SSSR count). The highest BCUT2D eigenvalue weighted by atomic mass is 16.5. The minimum Gasteiger partial charge on any atom is -0.481 e. The van der Waals surface area contributed by atoms with Crippen LogP contribution in [0.5, 0.6) is 0 Å². The van der Waals surface area contributed by atoms with Gasteiger partial charge in [0.2, 0.25) is 0 Å². The molecule has 6 heteroatoms. The van der Waals surface area contributed by atoms with Crippen LogP contribution in [0, 0.1) is 25.7 Å². The number of carboxylic acid groups (broad SMARTS) is 1. The Morgan fingerprint density at radius 1 is 1.32 bits per heavy atom. The van der Waals surface area contributed by atoms with E-state index < -0.39 is 17.8 Å². The van der Waals surface area contributed by atoms with Crippen molar-refractivity contribution in [3.05, 3.63) is 17.5 Å². The monoisotopic (exact) mass is 264 g/mol. The molecule has 19 heavy (non-hydrogen) atoms. The van der Waals surface area contributed by atoms with Crippen molar-refractivity contribution in [1.29, 1.82) is 0 Å². The molecule has 2 aliphatic heterocycles. The fourth-order valence-electron chi connectivity index (χ4n) is 3.30. The first kappa shape index (κ1) is 12.3. The number of carbonyl (C=O) groups is 2. The van der Waals surface area contributed by atoms with Crippen LogP contribution >= 0.6 is 0 Å². The van der Waals surface area contributed by atoms with Gasteiger partial charge in [-0.25, -0.2) is 4.68 Å². The number of hydrogen-bond acceptors (Lipinski definition) is 4. The lowest BCUT2D eigenvalue weighted by Gasteiger charge is -2.23. The maximum atomic E-state index is 12.5. The van der Waals surface area contributed by atoms with Crippen molar-refractivity contribution in [1.82, 2.24) is 9.78 Å². The van der Waals surface area contributed by atoms with Gasteiger partial charge in [0.15, 0.2) is 0 Å². The molecule has 0 saturated carbocycles. The summed E-state index contributed by atoms with van der Waals surface area (Å²) in [5.41, 5.74) is 1.48. The molecular formula is C13H16N2O4. The van der Waals surface area contributed by atoms with Gasteiger partial charge in [-0.2, -0.15) is 5.10 Å². The first-order valence-corrected chi connectivity index (χ1v) is 6.45. The maximum absolute atomic E-state index is 12.5. The number of nitrogens with zero attached hydrogens (tertiary/aromatic N) is 2. The van der Waals surface area contributed by atoms with Gasteiger partial charge in [-0.3, -0.25) is 9.59 Å². The predicted octanol–water partition coefficient (Wildman–Crippen LogP) is 1.02. The van der Waals surface area contributed by atoms with Gasteiger partial charge >= 0.3 is 5.97 Å². The van der Waals surface area contributed by atoms with E-state index in [0.29, 0.717) is 0 Å². The van der Waals surface area contributed by atoms with Crippen LogP contribution in [0.1, 0.15) is 29.0 Å². The van der Waals surface area contributed by atoms with E-state index in [0.717, 1.165) is 24.2 Å². The van der Waals surface area contributed by atoms with Gasteiger partial charge in [-0.05, 0) is 32.8 Å². The highest BCUT2D eigenvalue weighted by molar-refractivity contribution is 5.88. The summed E-state index contributed by atoms with van der Waals surface area (Å²) >= 11 is 0. The third-order valence-corrected chi connectivity index (χ3v) is 4.06. The van der Waals surface area contributed by atoms with Crippen molar-refractivity contribution in [2.24, 2.45) is 11.8 Å². The van der Waals surface area contributed by atoms with Crippen LogP contribution < -0.4 is 0 Å². The fourth-order valence-corrected chi connectivity index (χ4v) is 3.30. The molecule has 1 aromatic heterocycles. The second-order valence-corrected chi connectivity index (χ2v) is 5.36. The summed E-state index contributed by atoms with van der Waals surface area (Å²) in [7, 11) is 0. The number of aryl methyl sites for hydroxylation is 2. The Hall–Kier alpha value is -1.69. The van der Waals surface area contributed by atoms with Crippen molar-refractivity contribution < 1.29 is 19.4 Å². The standard InChI is InChI=1S/C13H16N2O4/c1-6-5-7(2)15(14-6)12(16)10-8-3-4-9(19-8)11(10)13(17)18/h5,8-11H,3-4H2,1-2H3,(H,17,18)/t8-,9+,10+,11+/m1/s1. The second kappa shape index (κ2) is 4.16. The van der Waals surface area contributed by atoms with Crippen molar-refractivity contribution >= 4 is 11.9 Å². The number of rotatable bonds is 2. The zero-order valence-corrected chi connectivity index (χ0v) is 10.9. The molecule has 2 saturated heterocycles. The van der Waals surface area contributed by atoms with Crippen molar-refractivity contribution in [3.8, 4) is 0 Å². The van der Waals surface area contributed by atoms with Gasteiger partial charge in [0.05, 0.1) is 29.7 Å². The zero-order chi connectivity index (χ0) is 13.7. The molecule has 0 radical (unpaired) electrons. The molecule has 2 bridgehead atoms. The highest BCUT2D eigenvalue weighted by Crippen LogP contribution is 2.44. The van der Waals surface area contributed by atoms with E-state index in [2.05, 4.69) is 5.10 Å². The Morgan fingerprint density at radius 3 is 2.47 bits per heavy atom. The number of hydrogen-bond donors (Lipinski definition) is 1. The molecule has 0 spiro atoms. The zero-order valence-electron chi connectivity index (χ0n) is 10.9. The van der Waals surface area contributed by atoms with E-state index in [1.807, 2.05) is 13.0 Å². The van der Waals surface area contributed by atoms with Gasteiger partial charge in [0, 0.05) is 5.69 Å². The Balaban J connectivity index is 1.94. The van der Waals surface area contributed by atoms with Crippen LogP contribution in [0.2, 0.25) is 0 Å². The van der Waals surface area contributed by atoms with E-state index in [9.17, 15) is 14.7 Å². The van der Waals surface area contributed by atoms with E-state index in [-0.39, 0.29) is 18.1 Å². The molecule has 2 fully saturated rings. The summed E-state index contributed by atoms with van der Waals surface area (Å²) in [4.78, 5) is 23.9. The quantitative estimate of drug-likeness (QED) is 0.862. The fraction of sp³-hybridized carbons (Fsp3) is 0.615. The normalized spacial score (nSPS) is 32.7. The lowest BCUT2D eigenvalue weighted by atomic mass is 9.79. The first-order chi connectivity index (χ1) is 8.99. The first-order valence-electron chi connectivity index (χ1n) is 6.45. The summed E-state index contributed by atoms with van der Waals surface area (Å²) < 4.78 is 6.92. The van der Waals surface area contributed by atoms with Crippen molar-refractivity contribution in [3.63, 3.8) is 0 Å². The molecule has 6 nitrogen and oxygen atoms in total. The Kier molecular flexibility index (Phi) is 2.70. The molecule has 1 aromatic rings. The number of carboxylic acids is 1. The van der Waals surface area contributed by atoms with Crippen LogP contribution in [0.25, 0.3) is 0 Å². The molecule has 0 unspecified atom stereocenters. The summed E-state index contributed by atoms with van der Waals surface area (Å²) in [6.07, 6.45) is 0.878. The number of ether oxygens (including phenoxy) is 1. The van der Waals surface area contributed by atoms with E-state index in [1.54, 1.807) is 6.92 Å². The largest absolute Gasteiger partial charge is 0.481 e. The lowest BCUT2D eigenvalue weighted by molar-refractivity contribution is -0.144. The Labute approximate surface area is 110 Å². The van der Waals surface area contributed by atoms with Crippen molar-refractivity contribution in [2.75, 3.05) is 0 Å². The third kappa shape index (κ3) is 1.78. The van der Waals surface area contributed by atoms with Crippen LogP contribution in [0.3, 0.4) is 0 Å². The minimum absolute atomic E-state index is 0.259. The molecule has 2 aliphatic rings. The average molecular weight is 264 g/mol. The molecule has 4 atom stereocenters. The number of carbonyl (C=O) groups excluding carboxylic acids is 1. The molecular weight excluding hydrogens is 248 g/mol. The summed E-state index contributed by atoms with van der Waals surface area (Å²) in [5.74, 6) is -2.57. The summed E-state index contributed by atoms with van der Waals surface area (Å²) in [5, 5.41) is 13.5. The molecule has 3 heterocycles. The molecule has 102 valence electrons. The molecule has 0 amide bonds. The minimum atomic E-state index is -0.952. The van der Waals surface area contributed by atoms with E-state index in [1.165, 1.54) is 4.68 Å². The number of aromatic nitrogens is 2. The van der Waals surface area contributed by atoms with Crippen LogP contribution in [0.4, 0.5) is 0 Å². The maximum Gasteiger partial charge on any atom is 0.310 e. The van der Waals surface area contributed by atoms with Crippen LogP contribution in [-0.2, 0) is 9.53 Å². The van der Waals surface area contributed by atoms with Gasteiger partial charge in [-0.1, -0.05) is 0 Å². The van der Waals surface area contributed by atoms with Crippen LogP contribution in [-0.4, -0.2) is 39.0 Å². The number of aliphatic carboxylic acids is 1. The van der Waals surface area contributed by atoms with Gasteiger partial charge in [0.25, 0.3) is 5.91 Å². The number of fused-ring (bicyclic) bond motifs is 2. The lowest BCUT2D eigenvalue weighted by Crippen LogP contribution is -2.41. The average Bonchev–Trinajstić information content (AvgIpc) is 3.01. The van der Waals surface area contributed by atoms with Crippen LogP contribution in [0.15, 0.2) is 6.07 Å². The second-order valence-electron chi connectivity index (χ2n) is 5.36. The summed E-state index contributed by atoms with van der Waals surface area (Å²) in [6, 6.07) is 1.81. The van der Waals surface area contributed by atoms with Gasteiger partial charge in [0.1, 0.15) is 0 Å². The molecule has 0 aromatic carbocycles. The highest BCUT2D eigenvalue weighted by Gasteiger charge is 2.56. The topological polar surface area (TPSA) is 81.4 Å². The van der Waals surface area contributed by atoms with Gasteiger partial charge in [-0.15, -0.1) is 0 Å². The Morgan fingerprint density at radius 2 is 1.95 bits per heavy atom. The van der Waals surface area contributed by atoms with Crippen molar-refractivity contribution in [2.45, 2.75) is 38.9 Å². The summed E-state index contributed by atoms with van der Waals surface area (Å²) in [6.45, 7) is 3.60. The predicted molar refractivity (Wildman–Crippen MR) is 64.8 cm³/mol. The molecule has 0 aliphatic carbocycles. The molecule has 1 N–H and O–H groups in total. The van der Waals surface area contributed by atoms with E-state index >= 15 is 0 Å². The van der Waals surface area contributed by atoms with Gasteiger partial charge < -0.3 is 9.84 Å². The third-order valence-electron chi connectivity index (χ3n) is 4.06. The SMILES string of the molecule is Cc1cc(C)n(C(=O)[C@@H]2[C@@H](C(=O)O)[C@@H]3CC[C@H]2O3)n1.